The van der Waals surface area contributed by atoms with Crippen LogP contribution in [0.5, 0.6) is 0 Å². The molecule has 0 bridgehead atoms. The fourth-order valence-electron chi connectivity index (χ4n) is 1.40. The molecule has 0 spiro atoms. The van der Waals surface area contributed by atoms with Gasteiger partial charge in [-0.2, -0.15) is 8.42 Å². The van der Waals surface area contributed by atoms with Crippen LogP contribution in [-0.2, 0) is 15.2 Å². The van der Waals surface area contributed by atoms with E-state index in [4.69, 9.17) is 28.3 Å². The third kappa shape index (κ3) is 10.0. The highest BCUT2D eigenvalue weighted by Gasteiger charge is 2.19. The van der Waals surface area contributed by atoms with E-state index in [0.717, 1.165) is 19.4 Å². The first-order valence-corrected chi connectivity index (χ1v) is 6.05. The van der Waals surface area contributed by atoms with Crippen LogP contribution in [0.3, 0.4) is 0 Å². The van der Waals surface area contributed by atoms with Crippen molar-refractivity contribution >= 4 is 10.4 Å². The molecule has 1 heterocycles. The van der Waals surface area contributed by atoms with E-state index < -0.39 is 10.4 Å². The van der Waals surface area contributed by atoms with Gasteiger partial charge in [0.1, 0.15) is 0 Å². The minimum absolute atomic E-state index is 0.284. The van der Waals surface area contributed by atoms with Gasteiger partial charge in [-0.05, 0) is 25.8 Å². The second-order valence-corrected chi connectivity index (χ2v) is 4.19. The maximum absolute atomic E-state index is 8.74. The maximum atomic E-state index is 8.74. The summed E-state index contributed by atoms with van der Waals surface area (Å²) >= 11 is 0. The first-order valence-electron chi connectivity index (χ1n) is 4.65. The summed E-state index contributed by atoms with van der Waals surface area (Å²) in [6.45, 7) is 3.22. The highest BCUT2D eigenvalue weighted by atomic mass is 32.3. The first kappa shape index (κ1) is 14.8. The van der Waals surface area contributed by atoms with Gasteiger partial charge >= 0.3 is 10.4 Å². The van der Waals surface area contributed by atoms with Gasteiger partial charge in [-0.15, -0.1) is 0 Å². The van der Waals surface area contributed by atoms with Crippen molar-refractivity contribution in [3.05, 3.63) is 0 Å². The Labute approximate surface area is 89.5 Å². The molecule has 1 fully saturated rings. The number of hydrogen-bond donors (Lipinski definition) is 4. The van der Waals surface area contributed by atoms with Gasteiger partial charge in [0.05, 0.1) is 6.10 Å². The Bertz CT molecular complexity index is 238. The maximum Gasteiger partial charge on any atom is 0.394 e. The molecule has 5 N–H and O–H groups in total. The van der Waals surface area contributed by atoms with Crippen molar-refractivity contribution in [1.29, 1.82) is 0 Å². The molecular weight excluding hydrogens is 224 g/mol. The summed E-state index contributed by atoms with van der Waals surface area (Å²) in [5, 5.41) is 3.40. The van der Waals surface area contributed by atoms with Crippen LogP contribution in [0.4, 0.5) is 0 Å². The van der Waals surface area contributed by atoms with Crippen LogP contribution in [0.15, 0.2) is 0 Å². The Morgan fingerprint density at radius 2 is 2.07 bits per heavy atom. The van der Waals surface area contributed by atoms with Crippen molar-refractivity contribution in [2.75, 3.05) is 6.54 Å². The Hall–Kier alpha value is -0.250. The molecule has 0 aromatic carbocycles. The zero-order chi connectivity index (χ0) is 11.9. The van der Waals surface area contributed by atoms with Gasteiger partial charge in [-0.1, -0.05) is 6.92 Å². The molecule has 92 valence electrons. The van der Waals surface area contributed by atoms with Crippen LogP contribution in [0.25, 0.3) is 0 Å². The molecule has 0 radical (unpaired) electrons. The summed E-state index contributed by atoms with van der Waals surface area (Å²) in [4.78, 5) is 4.78. The number of nitrogens with two attached hydrogens (primary N) is 1. The van der Waals surface area contributed by atoms with Gasteiger partial charge in [-0.25, -0.2) is 5.90 Å². The highest BCUT2D eigenvalue weighted by Crippen LogP contribution is 2.12. The van der Waals surface area contributed by atoms with Crippen molar-refractivity contribution in [3.63, 3.8) is 0 Å². The fraction of sp³-hybridized carbons (Fsp3) is 1.00. The zero-order valence-electron chi connectivity index (χ0n) is 8.59. The molecule has 0 aromatic rings. The van der Waals surface area contributed by atoms with Gasteiger partial charge in [0.15, 0.2) is 0 Å². The van der Waals surface area contributed by atoms with E-state index in [1.807, 2.05) is 0 Å². The lowest BCUT2D eigenvalue weighted by molar-refractivity contribution is 0.0209. The quantitative estimate of drug-likeness (QED) is 0.389. The smallest absolute Gasteiger partial charge is 0.314 e. The molecule has 1 rings (SSSR count). The minimum Gasteiger partial charge on any atom is -0.314 e. The molecule has 0 aromatic heterocycles. The lowest BCUT2D eigenvalue weighted by atomic mass is 10.0. The van der Waals surface area contributed by atoms with Crippen molar-refractivity contribution in [2.45, 2.75) is 38.3 Å². The third-order valence-corrected chi connectivity index (χ3v) is 2.13. The summed E-state index contributed by atoms with van der Waals surface area (Å²) in [7, 11) is -4.67. The van der Waals surface area contributed by atoms with Crippen LogP contribution < -0.4 is 11.2 Å². The molecule has 2 atom stereocenters. The van der Waals surface area contributed by atoms with E-state index in [-0.39, 0.29) is 6.10 Å². The van der Waals surface area contributed by atoms with Crippen LogP contribution >= 0.6 is 0 Å². The number of nitrogens with one attached hydrogen (secondary N) is 1. The van der Waals surface area contributed by atoms with Crippen molar-refractivity contribution in [1.82, 2.24) is 5.32 Å². The van der Waals surface area contributed by atoms with E-state index in [1.165, 1.54) is 6.42 Å². The van der Waals surface area contributed by atoms with Gasteiger partial charge in [0.25, 0.3) is 0 Å². The Morgan fingerprint density at radius 1 is 1.53 bits per heavy atom. The molecule has 1 saturated heterocycles. The largest absolute Gasteiger partial charge is 0.394 e. The Morgan fingerprint density at radius 3 is 2.47 bits per heavy atom. The molecule has 1 aliphatic heterocycles. The summed E-state index contributed by atoms with van der Waals surface area (Å²) in [5.41, 5.74) is 0. The van der Waals surface area contributed by atoms with Crippen LogP contribution in [0, 0.1) is 0 Å². The highest BCUT2D eigenvalue weighted by molar-refractivity contribution is 7.79. The van der Waals surface area contributed by atoms with Gasteiger partial charge in [0, 0.05) is 6.04 Å². The lowest BCUT2D eigenvalue weighted by Crippen LogP contribution is -2.41. The lowest BCUT2D eigenvalue weighted by Gasteiger charge is -2.27. The molecule has 0 saturated carbocycles. The average molecular weight is 242 g/mol. The molecule has 7 nitrogen and oxygen atoms in total. The zero-order valence-corrected chi connectivity index (χ0v) is 9.40. The number of rotatable bonds is 2. The monoisotopic (exact) mass is 242 g/mol. The summed E-state index contributed by atoms with van der Waals surface area (Å²) in [6.07, 6.45) is 3.56. The molecule has 1 aliphatic rings. The fourth-order valence-corrected chi connectivity index (χ4v) is 1.40. The van der Waals surface area contributed by atoms with Gasteiger partial charge in [-0.3, -0.25) is 9.11 Å². The summed E-state index contributed by atoms with van der Waals surface area (Å²) in [5.74, 6) is 5.09. The second kappa shape index (κ2) is 7.09. The van der Waals surface area contributed by atoms with E-state index in [9.17, 15) is 0 Å². The van der Waals surface area contributed by atoms with Gasteiger partial charge in [0.2, 0.25) is 0 Å². The summed E-state index contributed by atoms with van der Waals surface area (Å²) < 4.78 is 31.6. The van der Waals surface area contributed by atoms with Crippen LogP contribution in [-0.4, -0.2) is 36.2 Å². The topological polar surface area (TPSA) is 122 Å². The van der Waals surface area contributed by atoms with Crippen molar-refractivity contribution < 1.29 is 22.4 Å². The van der Waals surface area contributed by atoms with E-state index in [0.29, 0.717) is 6.04 Å². The predicted molar refractivity (Wildman–Crippen MR) is 54.6 cm³/mol. The van der Waals surface area contributed by atoms with Crippen LogP contribution in [0.1, 0.15) is 26.2 Å². The molecule has 0 aliphatic carbocycles. The van der Waals surface area contributed by atoms with E-state index in [2.05, 4.69) is 12.2 Å². The van der Waals surface area contributed by atoms with Crippen molar-refractivity contribution in [2.24, 2.45) is 5.90 Å². The first-order chi connectivity index (χ1) is 6.86. The van der Waals surface area contributed by atoms with Gasteiger partial charge < -0.3 is 10.2 Å². The molecule has 2 unspecified atom stereocenters. The number of hydrogen-bond acceptors (Lipinski definition) is 5. The Balaban J connectivity index is 0.000000336. The normalized spacial score (nSPS) is 26.7. The molecule has 0 amide bonds. The van der Waals surface area contributed by atoms with Crippen LogP contribution in [0.2, 0.25) is 0 Å². The Kier molecular flexibility index (Phi) is 6.98. The average Bonchev–Trinajstić information content (AvgIpc) is 2.15. The molecule has 15 heavy (non-hydrogen) atoms. The summed E-state index contributed by atoms with van der Waals surface area (Å²) in [6, 6.07) is 0.613. The molecular formula is C7H18N2O5S. The minimum atomic E-state index is -4.67. The molecule has 8 heteroatoms. The number of piperidine rings is 1. The third-order valence-electron chi connectivity index (χ3n) is 2.13. The predicted octanol–water partition coefficient (Wildman–Crippen LogP) is -0.245. The van der Waals surface area contributed by atoms with E-state index in [1.54, 1.807) is 0 Å². The van der Waals surface area contributed by atoms with Crippen molar-refractivity contribution in [3.8, 4) is 0 Å². The van der Waals surface area contributed by atoms with E-state index >= 15 is 0 Å². The second-order valence-electron chi connectivity index (χ2n) is 3.29. The standard InChI is InChI=1S/C7H16N2O.H2O4S/c1-2-6-5-7(10-8)3-4-9-6;1-5(2,3)4/h6-7,9H,2-5,8H2,1H3;(H2,1,2,3,4). The SMILES string of the molecule is CCC1CC(ON)CCN1.O=S(=O)(O)O.